The summed E-state index contributed by atoms with van der Waals surface area (Å²) < 4.78 is 0. The van der Waals surface area contributed by atoms with Crippen LogP contribution in [0.1, 0.15) is 99.3 Å². The molecule has 0 radical (unpaired) electrons. The summed E-state index contributed by atoms with van der Waals surface area (Å²) in [5, 5.41) is 3.26. The topological polar surface area (TPSA) is 29.4 Å². The molecule has 6 unspecified atom stereocenters. The van der Waals surface area contributed by atoms with E-state index in [0.29, 0.717) is 23.3 Å². The Morgan fingerprint density at radius 1 is 0.926 bits per heavy atom. The minimum Gasteiger partial charge on any atom is -0.151 e. The molecule has 9 atom stereocenters. The van der Waals surface area contributed by atoms with Crippen LogP contribution >= 0.6 is 0 Å². The van der Waals surface area contributed by atoms with E-state index in [1.54, 1.807) is 0 Å². The van der Waals surface area contributed by atoms with Crippen LogP contribution in [0.15, 0.2) is 5.18 Å². The number of rotatable bonds is 3. The van der Waals surface area contributed by atoms with Crippen LogP contribution in [0.4, 0.5) is 0 Å². The van der Waals surface area contributed by atoms with Crippen molar-refractivity contribution in [2.45, 2.75) is 99.3 Å². The Morgan fingerprint density at radius 3 is 2.33 bits per heavy atom. The van der Waals surface area contributed by atoms with Crippen LogP contribution in [0, 0.1) is 57.2 Å². The lowest BCUT2D eigenvalue weighted by atomic mass is 9.43. The van der Waals surface area contributed by atoms with Crippen molar-refractivity contribution in [3.05, 3.63) is 4.91 Å². The second-order valence-electron chi connectivity index (χ2n) is 11.0. The van der Waals surface area contributed by atoms with Gasteiger partial charge >= 0.3 is 0 Å². The highest BCUT2D eigenvalue weighted by molar-refractivity contribution is 5.10. The molecule has 0 N–H and O–H groups in total. The second kappa shape index (κ2) is 8.15. The standard InChI is InChI=1S/C23H39NO.C2H6/c1-15-13-17-20-9-8-19(16(2)14-24-25)23(20,4)12-10-21(17)22(3)11-6-5-7-18(15)22;1-2/h15-21H,5-14H2,1-4H3;1-2H3/t15-,16+,17?,18?,19?,20?,21-,22?,23?;/m0./s1. The summed E-state index contributed by atoms with van der Waals surface area (Å²) in [7, 11) is 0. The Kier molecular flexibility index (Phi) is 6.43. The summed E-state index contributed by atoms with van der Waals surface area (Å²) >= 11 is 0. The van der Waals surface area contributed by atoms with E-state index < -0.39 is 0 Å². The Bertz CT molecular complexity index is 518. The van der Waals surface area contributed by atoms with E-state index in [4.69, 9.17) is 0 Å². The monoisotopic (exact) mass is 375 g/mol. The fourth-order valence-electron chi connectivity index (χ4n) is 9.03. The van der Waals surface area contributed by atoms with Crippen LogP contribution < -0.4 is 0 Å². The lowest BCUT2D eigenvalue weighted by Crippen LogP contribution is -2.55. The van der Waals surface area contributed by atoms with Gasteiger partial charge < -0.3 is 0 Å². The number of nitrogens with zero attached hydrogens (tertiary/aromatic N) is 1. The number of fused-ring (bicyclic) bond motifs is 5. The summed E-state index contributed by atoms with van der Waals surface area (Å²) in [5.41, 5.74) is 1.10. The van der Waals surface area contributed by atoms with Gasteiger partial charge in [0.05, 0.1) is 6.54 Å². The maximum Gasteiger partial charge on any atom is 0.0839 e. The third kappa shape index (κ3) is 3.31. The molecular weight excluding hydrogens is 330 g/mol. The third-order valence-electron chi connectivity index (χ3n) is 10.1. The average molecular weight is 376 g/mol. The molecule has 156 valence electrons. The molecule has 0 aliphatic heterocycles. The molecule has 0 aromatic carbocycles. The van der Waals surface area contributed by atoms with E-state index in [9.17, 15) is 4.91 Å². The fourth-order valence-corrected chi connectivity index (χ4v) is 9.03. The van der Waals surface area contributed by atoms with E-state index in [1.807, 2.05) is 13.8 Å². The van der Waals surface area contributed by atoms with Gasteiger partial charge in [0.25, 0.3) is 0 Å². The van der Waals surface area contributed by atoms with Gasteiger partial charge in [-0.1, -0.05) is 59.6 Å². The van der Waals surface area contributed by atoms with Crippen molar-refractivity contribution < 1.29 is 0 Å². The third-order valence-corrected chi connectivity index (χ3v) is 10.1. The SMILES string of the molecule is CC.C[C@H](CN=O)C1CCC2C3C[C@H](C)C4CCCCC4(C)[C@H]3CCC21C. The van der Waals surface area contributed by atoms with Gasteiger partial charge in [0.15, 0.2) is 0 Å². The predicted molar refractivity (Wildman–Crippen MR) is 116 cm³/mol. The van der Waals surface area contributed by atoms with Gasteiger partial charge in [-0.15, -0.1) is 0 Å². The molecule has 0 aromatic rings. The number of nitroso groups, excluding NO2 is 1. The Labute approximate surface area is 168 Å². The highest BCUT2D eigenvalue weighted by atomic mass is 16.3. The molecule has 2 heteroatoms. The molecule has 0 spiro atoms. The fraction of sp³-hybridized carbons (Fsp3) is 1.00. The molecule has 2 nitrogen and oxygen atoms in total. The first-order chi connectivity index (χ1) is 12.9. The van der Waals surface area contributed by atoms with Crippen LogP contribution in [0.5, 0.6) is 0 Å². The number of hydrogen-bond donors (Lipinski definition) is 0. The van der Waals surface area contributed by atoms with Gasteiger partial charge in [0, 0.05) is 0 Å². The minimum atomic E-state index is 0.475. The quantitative estimate of drug-likeness (QED) is 0.464. The lowest BCUT2D eigenvalue weighted by molar-refractivity contribution is -0.134. The maximum absolute atomic E-state index is 10.9. The first-order valence-corrected chi connectivity index (χ1v) is 12.2. The first-order valence-electron chi connectivity index (χ1n) is 12.2. The highest BCUT2D eigenvalue weighted by Gasteiger charge is 2.61. The van der Waals surface area contributed by atoms with Gasteiger partial charge in [-0.05, 0) is 97.2 Å². The van der Waals surface area contributed by atoms with Gasteiger partial charge in [-0.25, -0.2) is 0 Å². The van der Waals surface area contributed by atoms with Crippen LogP contribution in [0.2, 0.25) is 0 Å². The average Bonchev–Trinajstić information content (AvgIpc) is 3.01. The molecule has 27 heavy (non-hydrogen) atoms. The Hall–Kier alpha value is -0.400. The van der Waals surface area contributed by atoms with E-state index in [0.717, 1.165) is 35.5 Å². The van der Waals surface area contributed by atoms with Crippen molar-refractivity contribution in [3.8, 4) is 0 Å². The molecule has 0 amide bonds. The molecule has 0 aromatic heterocycles. The van der Waals surface area contributed by atoms with Gasteiger partial charge in [0.2, 0.25) is 0 Å². The lowest BCUT2D eigenvalue weighted by Gasteiger charge is -2.62. The van der Waals surface area contributed by atoms with Crippen molar-refractivity contribution in [2.24, 2.45) is 57.4 Å². The summed E-state index contributed by atoms with van der Waals surface area (Å²) in [6.07, 6.45) is 13.0. The largest absolute Gasteiger partial charge is 0.151 e. The maximum atomic E-state index is 10.9. The zero-order valence-electron chi connectivity index (χ0n) is 19.0. The van der Waals surface area contributed by atoms with Crippen molar-refractivity contribution in [1.82, 2.24) is 0 Å². The first kappa shape index (κ1) is 21.3. The van der Waals surface area contributed by atoms with E-state index >= 15 is 0 Å². The van der Waals surface area contributed by atoms with Crippen LogP contribution in [0.3, 0.4) is 0 Å². The van der Waals surface area contributed by atoms with Crippen LogP contribution in [-0.2, 0) is 0 Å². The molecule has 4 aliphatic carbocycles. The highest BCUT2D eigenvalue weighted by Crippen LogP contribution is 2.69. The molecule has 0 bridgehead atoms. The van der Waals surface area contributed by atoms with Gasteiger partial charge in [-0.2, -0.15) is 4.91 Å². The summed E-state index contributed by atoms with van der Waals surface area (Å²) in [6.45, 7) is 14.7. The van der Waals surface area contributed by atoms with Crippen molar-refractivity contribution in [2.75, 3.05) is 6.54 Å². The minimum absolute atomic E-state index is 0.475. The normalized spacial score (nSPS) is 49.7. The zero-order valence-corrected chi connectivity index (χ0v) is 19.0. The molecule has 4 aliphatic rings. The van der Waals surface area contributed by atoms with Crippen molar-refractivity contribution in [1.29, 1.82) is 0 Å². The Morgan fingerprint density at radius 2 is 1.63 bits per heavy atom. The smallest absolute Gasteiger partial charge is 0.0839 e. The molecule has 4 rings (SSSR count). The van der Waals surface area contributed by atoms with E-state index in [1.165, 1.54) is 57.8 Å². The van der Waals surface area contributed by atoms with Crippen molar-refractivity contribution >= 4 is 0 Å². The molecule has 0 saturated heterocycles. The summed E-state index contributed by atoms with van der Waals surface area (Å²) in [6, 6.07) is 0. The molecule has 4 fully saturated rings. The van der Waals surface area contributed by atoms with Crippen LogP contribution in [-0.4, -0.2) is 6.54 Å². The van der Waals surface area contributed by atoms with Gasteiger partial charge in [-0.3, -0.25) is 0 Å². The van der Waals surface area contributed by atoms with Gasteiger partial charge in [0.1, 0.15) is 0 Å². The Balaban J connectivity index is 0.00000102. The molecular formula is C25H45NO. The number of hydrogen-bond acceptors (Lipinski definition) is 2. The predicted octanol–water partition coefficient (Wildman–Crippen LogP) is 7.71. The summed E-state index contributed by atoms with van der Waals surface area (Å²) in [4.78, 5) is 10.9. The molecule has 4 saturated carbocycles. The molecule has 0 heterocycles. The van der Waals surface area contributed by atoms with Crippen LogP contribution in [0.25, 0.3) is 0 Å². The van der Waals surface area contributed by atoms with E-state index in [-0.39, 0.29) is 0 Å². The summed E-state index contributed by atoms with van der Waals surface area (Å²) in [5.74, 6) is 5.95. The second-order valence-corrected chi connectivity index (χ2v) is 11.0. The van der Waals surface area contributed by atoms with E-state index in [2.05, 4.69) is 32.9 Å². The zero-order chi connectivity index (χ0) is 19.8. The van der Waals surface area contributed by atoms with Crippen molar-refractivity contribution in [3.63, 3.8) is 0 Å².